The number of halogens is 2. The molecular formula is C11H7BBr2N2O2. The summed E-state index contributed by atoms with van der Waals surface area (Å²) in [4.78, 5) is 5.89. The molecule has 0 saturated heterocycles. The van der Waals surface area contributed by atoms with E-state index in [1.54, 1.807) is 17.1 Å². The van der Waals surface area contributed by atoms with Crippen molar-refractivity contribution in [3.8, 4) is 5.75 Å². The molecule has 0 bridgehead atoms. The summed E-state index contributed by atoms with van der Waals surface area (Å²) in [6, 6.07) is 9.23. The average molecular weight is 370 g/mol. The van der Waals surface area contributed by atoms with Gasteiger partial charge in [-0.05, 0) is 46.3 Å². The summed E-state index contributed by atoms with van der Waals surface area (Å²) >= 11 is 6.83. The number of pyridine rings is 1. The second-order valence-corrected chi connectivity index (χ2v) is 5.51. The van der Waals surface area contributed by atoms with Gasteiger partial charge in [-0.25, -0.2) is 4.98 Å². The standard InChI is InChI=1S/C11H7BBr2N2O2/c13-7-3-4-10-9(6-7)16(12(17)18-10)11-8(14)2-1-5-15-11/h1-6,17H. The molecule has 7 heteroatoms. The Balaban J connectivity index is 2.14. The van der Waals surface area contributed by atoms with Crippen LogP contribution in [0.5, 0.6) is 5.75 Å². The van der Waals surface area contributed by atoms with Gasteiger partial charge in [0.1, 0.15) is 11.6 Å². The van der Waals surface area contributed by atoms with Crippen molar-refractivity contribution in [2.24, 2.45) is 0 Å². The molecule has 1 aliphatic rings. The topological polar surface area (TPSA) is 45.6 Å². The van der Waals surface area contributed by atoms with Crippen LogP contribution in [0.3, 0.4) is 0 Å². The Labute approximate surface area is 121 Å². The first-order valence-electron chi connectivity index (χ1n) is 5.21. The molecule has 4 nitrogen and oxygen atoms in total. The lowest BCUT2D eigenvalue weighted by Crippen LogP contribution is -2.36. The van der Waals surface area contributed by atoms with Gasteiger partial charge in [-0.2, -0.15) is 0 Å². The van der Waals surface area contributed by atoms with Crippen LogP contribution in [0.1, 0.15) is 0 Å². The lowest BCUT2D eigenvalue weighted by Gasteiger charge is -2.18. The van der Waals surface area contributed by atoms with E-state index in [1.807, 2.05) is 24.3 Å². The van der Waals surface area contributed by atoms with Crippen LogP contribution in [-0.2, 0) is 0 Å². The van der Waals surface area contributed by atoms with E-state index in [0.717, 1.165) is 14.6 Å². The van der Waals surface area contributed by atoms with Crippen LogP contribution in [0.15, 0.2) is 45.5 Å². The van der Waals surface area contributed by atoms with Crippen molar-refractivity contribution in [1.29, 1.82) is 0 Å². The van der Waals surface area contributed by atoms with Gasteiger partial charge in [0, 0.05) is 10.7 Å². The average Bonchev–Trinajstić information content (AvgIpc) is 2.66. The maximum Gasteiger partial charge on any atom is 0.668 e. The molecule has 1 N–H and O–H groups in total. The zero-order valence-electron chi connectivity index (χ0n) is 9.05. The largest absolute Gasteiger partial charge is 0.668 e. The van der Waals surface area contributed by atoms with Gasteiger partial charge in [-0.1, -0.05) is 15.9 Å². The Morgan fingerprint density at radius 2 is 2.11 bits per heavy atom. The molecule has 2 heterocycles. The Hall–Kier alpha value is -1.05. The molecule has 2 aromatic rings. The number of fused-ring (bicyclic) bond motifs is 1. The molecule has 0 radical (unpaired) electrons. The second kappa shape index (κ2) is 4.57. The summed E-state index contributed by atoms with van der Waals surface area (Å²) in [6.45, 7) is 0. The van der Waals surface area contributed by atoms with Crippen molar-refractivity contribution in [3.05, 3.63) is 45.5 Å². The number of nitrogens with zero attached hydrogens (tertiary/aromatic N) is 2. The van der Waals surface area contributed by atoms with Gasteiger partial charge in [-0.3, -0.25) is 0 Å². The first-order chi connectivity index (χ1) is 8.66. The third kappa shape index (κ3) is 1.92. The van der Waals surface area contributed by atoms with Gasteiger partial charge in [0.05, 0.1) is 10.2 Å². The van der Waals surface area contributed by atoms with Crippen molar-refractivity contribution < 1.29 is 9.68 Å². The minimum Gasteiger partial charge on any atom is -0.516 e. The summed E-state index contributed by atoms with van der Waals surface area (Å²) < 4.78 is 7.09. The maximum absolute atomic E-state index is 10.0. The van der Waals surface area contributed by atoms with Crippen LogP contribution < -0.4 is 9.47 Å². The van der Waals surface area contributed by atoms with Crippen molar-refractivity contribution >= 4 is 50.6 Å². The highest BCUT2D eigenvalue weighted by atomic mass is 79.9. The molecule has 1 aliphatic heterocycles. The summed E-state index contributed by atoms with van der Waals surface area (Å²) in [6.07, 6.45) is 1.67. The van der Waals surface area contributed by atoms with Crippen molar-refractivity contribution in [3.63, 3.8) is 0 Å². The van der Waals surface area contributed by atoms with Gasteiger partial charge < -0.3 is 14.5 Å². The van der Waals surface area contributed by atoms with Gasteiger partial charge in [-0.15, -0.1) is 0 Å². The normalized spacial score (nSPS) is 13.5. The number of benzene rings is 1. The highest BCUT2D eigenvalue weighted by Gasteiger charge is 2.39. The lowest BCUT2D eigenvalue weighted by atomic mass is 10.1. The summed E-state index contributed by atoms with van der Waals surface area (Å²) in [5.41, 5.74) is 0.774. The molecule has 0 fully saturated rings. The zero-order chi connectivity index (χ0) is 12.7. The molecule has 18 heavy (non-hydrogen) atoms. The molecule has 0 aliphatic carbocycles. The van der Waals surface area contributed by atoms with E-state index in [2.05, 4.69) is 36.8 Å². The molecule has 1 aromatic heterocycles. The Kier molecular flexibility index (Phi) is 3.05. The predicted octanol–water partition coefficient (Wildman–Crippen LogP) is 3.11. The van der Waals surface area contributed by atoms with E-state index >= 15 is 0 Å². The number of anilines is 2. The molecule has 0 unspecified atom stereocenters. The molecular weight excluding hydrogens is 363 g/mol. The molecule has 90 valence electrons. The van der Waals surface area contributed by atoms with Gasteiger partial charge in [0.15, 0.2) is 0 Å². The smallest absolute Gasteiger partial charge is 0.516 e. The fourth-order valence-corrected chi connectivity index (χ4v) is 2.63. The first-order valence-corrected chi connectivity index (χ1v) is 6.79. The maximum atomic E-state index is 10.0. The number of hydrogen-bond acceptors (Lipinski definition) is 4. The van der Waals surface area contributed by atoms with E-state index in [-0.39, 0.29) is 0 Å². The van der Waals surface area contributed by atoms with E-state index in [4.69, 9.17) is 4.65 Å². The van der Waals surface area contributed by atoms with Crippen LogP contribution in [0.4, 0.5) is 11.5 Å². The molecule has 1 aromatic carbocycles. The van der Waals surface area contributed by atoms with Gasteiger partial charge >= 0.3 is 7.25 Å². The van der Waals surface area contributed by atoms with Crippen LogP contribution in [0.2, 0.25) is 0 Å². The molecule has 0 amide bonds. The minimum atomic E-state index is -1.07. The third-order valence-corrected chi connectivity index (χ3v) is 3.71. The Morgan fingerprint density at radius 3 is 2.89 bits per heavy atom. The molecule has 0 atom stereocenters. The monoisotopic (exact) mass is 368 g/mol. The SMILES string of the molecule is OB1Oc2ccc(Br)cc2N1c1ncccc1Br. The van der Waals surface area contributed by atoms with Crippen LogP contribution in [0.25, 0.3) is 0 Å². The predicted molar refractivity (Wildman–Crippen MR) is 76.8 cm³/mol. The Bertz CT molecular complexity index is 611. The van der Waals surface area contributed by atoms with Crippen LogP contribution >= 0.6 is 31.9 Å². The number of rotatable bonds is 1. The van der Waals surface area contributed by atoms with Crippen molar-refractivity contribution in [2.45, 2.75) is 0 Å². The number of aromatic nitrogens is 1. The minimum absolute atomic E-state index is 0.613. The fourth-order valence-electron chi connectivity index (χ4n) is 1.84. The molecule has 0 spiro atoms. The van der Waals surface area contributed by atoms with E-state index in [0.29, 0.717) is 11.6 Å². The summed E-state index contributed by atoms with van der Waals surface area (Å²) in [5.74, 6) is 1.24. The van der Waals surface area contributed by atoms with Crippen LogP contribution in [-0.4, -0.2) is 17.3 Å². The van der Waals surface area contributed by atoms with E-state index in [1.165, 1.54) is 0 Å². The van der Waals surface area contributed by atoms with E-state index < -0.39 is 7.25 Å². The fraction of sp³-hybridized carbons (Fsp3) is 0. The van der Waals surface area contributed by atoms with Crippen molar-refractivity contribution in [1.82, 2.24) is 4.98 Å². The quantitative estimate of drug-likeness (QED) is 0.784. The molecule has 0 saturated carbocycles. The summed E-state index contributed by atoms with van der Waals surface area (Å²) in [7, 11) is -1.07. The highest BCUT2D eigenvalue weighted by Crippen LogP contribution is 2.42. The summed E-state index contributed by atoms with van der Waals surface area (Å²) in [5, 5.41) is 10.0. The zero-order valence-corrected chi connectivity index (χ0v) is 12.2. The van der Waals surface area contributed by atoms with Crippen molar-refractivity contribution in [2.75, 3.05) is 4.81 Å². The highest BCUT2D eigenvalue weighted by molar-refractivity contribution is 9.10. The lowest BCUT2D eigenvalue weighted by molar-refractivity contribution is 0.431. The van der Waals surface area contributed by atoms with Gasteiger partial charge in [0.2, 0.25) is 0 Å². The van der Waals surface area contributed by atoms with Gasteiger partial charge in [0.25, 0.3) is 0 Å². The second-order valence-electron chi connectivity index (χ2n) is 3.74. The number of hydrogen-bond donors (Lipinski definition) is 1. The van der Waals surface area contributed by atoms with Crippen LogP contribution in [0, 0.1) is 0 Å². The first kappa shape index (κ1) is 12.0. The van der Waals surface area contributed by atoms with E-state index in [9.17, 15) is 5.02 Å². The third-order valence-electron chi connectivity index (χ3n) is 2.60. The Morgan fingerprint density at radius 1 is 1.28 bits per heavy atom. The molecule has 3 rings (SSSR count).